The van der Waals surface area contributed by atoms with Crippen LogP contribution in [0.15, 0.2) is 54.7 Å². The lowest BCUT2D eigenvalue weighted by Crippen LogP contribution is -2.45. The van der Waals surface area contributed by atoms with Gasteiger partial charge in [-0.25, -0.2) is 0 Å². The molecule has 1 fully saturated rings. The van der Waals surface area contributed by atoms with Crippen molar-refractivity contribution in [1.82, 2.24) is 15.0 Å². The van der Waals surface area contributed by atoms with Crippen molar-refractivity contribution in [3.63, 3.8) is 0 Å². The third kappa shape index (κ3) is 4.63. The molecule has 0 bridgehead atoms. The van der Waals surface area contributed by atoms with Gasteiger partial charge in [-0.15, -0.1) is 5.10 Å². The molecule has 3 aromatic rings. The first-order valence-electron chi connectivity index (χ1n) is 12.7. The topological polar surface area (TPSA) is 80.5 Å². The number of carbonyl (C=O) groups is 1. The van der Waals surface area contributed by atoms with E-state index < -0.39 is 25.7 Å². The summed E-state index contributed by atoms with van der Waals surface area (Å²) in [7, 11) is -3.26. The molecule has 0 aliphatic carbocycles. The van der Waals surface area contributed by atoms with E-state index >= 15 is 4.11 Å². The number of benzene rings is 2. The fourth-order valence-corrected chi connectivity index (χ4v) is 8.86. The molecule has 3 heterocycles. The smallest absolute Gasteiger partial charge is 0.264 e. The molecule has 5 rings (SSSR count). The van der Waals surface area contributed by atoms with Gasteiger partial charge < -0.3 is 18.9 Å². The molecule has 1 spiro atoms. The number of aryl methyl sites for hydroxylation is 1. The summed E-state index contributed by atoms with van der Waals surface area (Å²) in [5.41, 5.74) is 1.46. The van der Waals surface area contributed by atoms with Gasteiger partial charge in [0.1, 0.15) is 0 Å². The summed E-state index contributed by atoms with van der Waals surface area (Å²) in [5.74, 6) is -0.548. The van der Waals surface area contributed by atoms with Crippen LogP contribution in [0.25, 0.3) is 0 Å². The van der Waals surface area contributed by atoms with Crippen molar-refractivity contribution in [1.29, 1.82) is 0 Å². The van der Waals surface area contributed by atoms with Gasteiger partial charge in [-0.2, -0.15) is 0 Å². The highest BCUT2D eigenvalue weighted by Crippen LogP contribution is 2.60. The Morgan fingerprint density at radius 2 is 1.97 bits per heavy atom. The molecule has 2 aliphatic rings. The van der Waals surface area contributed by atoms with Gasteiger partial charge in [0.2, 0.25) is 8.41 Å². The van der Waals surface area contributed by atoms with Gasteiger partial charge in [0.05, 0.1) is 24.0 Å². The Morgan fingerprint density at radius 3 is 2.68 bits per heavy atom. The number of hydrogen-bond acceptors (Lipinski definition) is 5. The SMILES string of the molecule is C[C@H]1[C@H]([Si](C)(C)F)[C@@H](CCn2cc(CCO)nn2)O[C@]12C(=O)N(Cc1ccccc1)c1ccc(Cl)cc12. The van der Waals surface area contributed by atoms with E-state index in [0.717, 1.165) is 11.3 Å². The van der Waals surface area contributed by atoms with E-state index in [1.165, 1.54) is 0 Å². The van der Waals surface area contributed by atoms with E-state index in [-0.39, 0.29) is 18.4 Å². The lowest BCUT2D eigenvalue weighted by Gasteiger charge is -2.31. The second-order valence-electron chi connectivity index (χ2n) is 10.5. The Morgan fingerprint density at radius 1 is 1.22 bits per heavy atom. The van der Waals surface area contributed by atoms with Crippen LogP contribution < -0.4 is 4.90 Å². The summed E-state index contributed by atoms with van der Waals surface area (Å²) >= 11 is 6.43. The number of carbonyl (C=O) groups excluding carboxylic acids is 1. The zero-order chi connectivity index (χ0) is 26.4. The first-order chi connectivity index (χ1) is 17.6. The maximum Gasteiger partial charge on any atom is 0.264 e. The van der Waals surface area contributed by atoms with Crippen LogP contribution in [-0.2, 0) is 34.6 Å². The number of aliphatic hydroxyl groups excluding tert-OH is 1. The van der Waals surface area contributed by atoms with Crippen LogP contribution in [0.2, 0.25) is 23.7 Å². The Hall–Kier alpha value is -2.59. The summed E-state index contributed by atoms with van der Waals surface area (Å²) in [6.45, 7) is 6.19. The number of ether oxygens (including phenoxy) is 1. The molecular weight excluding hydrogens is 511 g/mol. The van der Waals surface area contributed by atoms with Gasteiger partial charge in [0.15, 0.2) is 5.60 Å². The van der Waals surface area contributed by atoms with E-state index in [1.807, 2.05) is 43.3 Å². The van der Waals surface area contributed by atoms with Crippen LogP contribution in [0.5, 0.6) is 0 Å². The van der Waals surface area contributed by atoms with Crippen molar-refractivity contribution in [3.8, 4) is 0 Å². The largest absolute Gasteiger partial charge is 0.396 e. The zero-order valence-corrected chi connectivity index (χ0v) is 23.0. The maximum absolute atomic E-state index is 15.9. The van der Waals surface area contributed by atoms with E-state index in [9.17, 15) is 4.79 Å². The average Bonchev–Trinajstić information content (AvgIpc) is 3.49. The van der Waals surface area contributed by atoms with Crippen molar-refractivity contribution in [2.45, 2.75) is 63.2 Å². The molecule has 37 heavy (non-hydrogen) atoms. The quantitative estimate of drug-likeness (QED) is 0.324. The third-order valence-electron chi connectivity index (χ3n) is 7.70. The molecular formula is C27H32ClFN4O3Si. The van der Waals surface area contributed by atoms with Crippen molar-refractivity contribution < 1.29 is 18.7 Å². The summed E-state index contributed by atoms with van der Waals surface area (Å²) in [4.78, 5) is 16.0. The normalized spacial score (nSPS) is 25.3. The minimum Gasteiger partial charge on any atom is -0.396 e. The number of aliphatic hydroxyl groups is 1. The molecule has 7 nitrogen and oxygen atoms in total. The van der Waals surface area contributed by atoms with Crippen LogP contribution in [0, 0.1) is 5.92 Å². The van der Waals surface area contributed by atoms with Crippen molar-refractivity contribution in [2.75, 3.05) is 11.5 Å². The number of aromatic nitrogens is 3. The van der Waals surface area contributed by atoms with Crippen molar-refractivity contribution in [2.24, 2.45) is 5.92 Å². The van der Waals surface area contributed by atoms with Crippen molar-refractivity contribution >= 4 is 31.6 Å². The summed E-state index contributed by atoms with van der Waals surface area (Å²) in [5, 5.41) is 17.9. The summed E-state index contributed by atoms with van der Waals surface area (Å²) in [6.07, 6.45) is 2.23. The Kier molecular flexibility index (Phi) is 6.99. The second kappa shape index (κ2) is 9.94. The molecule has 2 aliphatic heterocycles. The molecule has 0 saturated carbocycles. The van der Waals surface area contributed by atoms with Crippen LogP contribution in [0.3, 0.4) is 0 Å². The molecule has 1 N–H and O–H groups in total. The predicted molar refractivity (Wildman–Crippen MR) is 143 cm³/mol. The number of nitrogens with zero attached hydrogens (tertiary/aromatic N) is 4. The van der Waals surface area contributed by atoms with Crippen molar-refractivity contribution in [3.05, 3.63) is 76.6 Å². The highest BCUT2D eigenvalue weighted by Gasteiger charge is 2.66. The minimum atomic E-state index is -3.26. The predicted octanol–water partition coefficient (Wildman–Crippen LogP) is 4.88. The van der Waals surface area contributed by atoms with Gasteiger partial charge in [-0.3, -0.25) is 9.48 Å². The highest BCUT2D eigenvalue weighted by molar-refractivity contribution is 6.72. The maximum atomic E-state index is 15.9. The van der Waals surface area contributed by atoms with Gasteiger partial charge in [-0.1, -0.05) is 54.1 Å². The minimum absolute atomic E-state index is 0.00224. The number of rotatable bonds is 8. The molecule has 1 aromatic heterocycles. The lowest BCUT2D eigenvalue weighted by atomic mass is 9.82. The van der Waals surface area contributed by atoms with E-state index in [0.29, 0.717) is 42.2 Å². The first kappa shape index (κ1) is 26.0. The van der Waals surface area contributed by atoms with Gasteiger partial charge >= 0.3 is 0 Å². The van der Waals surface area contributed by atoms with Gasteiger partial charge in [0.25, 0.3) is 5.91 Å². The molecule has 0 unspecified atom stereocenters. The fraction of sp³-hybridized carbons (Fsp3) is 0.444. The molecule has 10 heteroatoms. The van der Waals surface area contributed by atoms with E-state index in [4.69, 9.17) is 21.4 Å². The number of amides is 1. The summed E-state index contributed by atoms with van der Waals surface area (Å²) < 4.78 is 24.4. The highest BCUT2D eigenvalue weighted by atomic mass is 35.5. The number of hydrogen-bond donors (Lipinski definition) is 1. The molecule has 1 saturated heterocycles. The third-order valence-corrected chi connectivity index (χ3v) is 10.4. The van der Waals surface area contributed by atoms with Crippen LogP contribution >= 0.6 is 11.6 Å². The van der Waals surface area contributed by atoms with E-state index in [1.54, 1.807) is 41.0 Å². The molecule has 2 aromatic carbocycles. The first-order valence-corrected chi connectivity index (χ1v) is 16.0. The Balaban J connectivity index is 1.50. The Bertz CT molecular complexity index is 1280. The van der Waals surface area contributed by atoms with Gasteiger partial charge in [0, 0.05) is 47.8 Å². The molecule has 196 valence electrons. The molecule has 1 amide bonds. The molecule has 0 radical (unpaired) electrons. The number of fused-ring (bicyclic) bond motifs is 2. The van der Waals surface area contributed by atoms with Crippen LogP contribution in [0.4, 0.5) is 9.80 Å². The standard InChI is InChI=1S/C27H32ClFN4O3Si/c1-18-25(37(2,3)29)24(11-13-32-17-21(12-14-34)30-31-32)36-27(18)22-15-20(28)9-10-23(22)33(26(27)35)16-19-7-5-4-6-8-19/h4-10,15,17-18,24-25,34H,11-14,16H2,1-3H3/t18-,24+,25-,27+/m0/s1. The van der Waals surface area contributed by atoms with Crippen LogP contribution in [0.1, 0.15) is 30.2 Å². The Labute approximate surface area is 222 Å². The fourth-order valence-electron chi connectivity index (χ4n) is 6.15. The molecule has 4 atom stereocenters. The zero-order valence-electron chi connectivity index (χ0n) is 21.3. The summed E-state index contributed by atoms with van der Waals surface area (Å²) in [6, 6.07) is 15.3. The van der Waals surface area contributed by atoms with Crippen LogP contribution in [-0.4, -0.2) is 47.1 Å². The average molecular weight is 543 g/mol. The number of halogens is 2. The monoisotopic (exact) mass is 542 g/mol. The lowest BCUT2D eigenvalue weighted by molar-refractivity contribution is -0.146. The van der Waals surface area contributed by atoms with E-state index in [2.05, 4.69) is 10.3 Å². The van der Waals surface area contributed by atoms with Gasteiger partial charge in [-0.05, 0) is 43.3 Å². The number of anilines is 1. The second-order valence-corrected chi connectivity index (χ2v) is 14.8.